The van der Waals surface area contributed by atoms with E-state index in [1.54, 1.807) is 0 Å². The average Bonchev–Trinajstić information content (AvgIpc) is 3.07. The summed E-state index contributed by atoms with van der Waals surface area (Å²) < 4.78 is 0. The predicted octanol–water partition coefficient (Wildman–Crippen LogP) is 12.6. The van der Waals surface area contributed by atoms with Crippen LogP contribution < -0.4 is 9.80 Å². The van der Waals surface area contributed by atoms with Gasteiger partial charge >= 0.3 is 0 Å². The van der Waals surface area contributed by atoms with Gasteiger partial charge in [0.2, 0.25) is 0 Å². The van der Waals surface area contributed by atoms with Gasteiger partial charge in [0, 0.05) is 34.1 Å². The SMILES string of the molecule is CCCCc1ccc(N(c2ccc(C)cc2)c2cc(-c3ccccc3)cc(N(c3ccc(C)cc3)c3ccc(C)cc3)c2)cc1. The van der Waals surface area contributed by atoms with Crippen molar-refractivity contribution in [3.8, 4) is 11.1 Å². The minimum atomic E-state index is 1.11. The second kappa shape index (κ2) is 13.7. The van der Waals surface area contributed by atoms with E-state index in [-0.39, 0.29) is 0 Å². The van der Waals surface area contributed by atoms with Gasteiger partial charge in [-0.2, -0.15) is 0 Å². The van der Waals surface area contributed by atoms with E-state index in [0.717, 1.165) is 40.5 Å². The first-order valence-electron chi connectivity index (χ1n) is 16.1. The monoisotopic (exact) mass is 586 g/mol. The molecule has 2 heteroatoms. The first-order valence-corrected chi connectivity index (χ1v) is 16.1. The lowest BCUT2D eigenvalue weighted by atomic mass is 10.0. The highest BCUT2D eigenvalue weighted by Gasteiger charge is 2.19. The van der Waals surface area contributed by atoms with Crippen molar-refractivity contribution in [1.29, 1.82) is 0 Å². The van der Waals surface area contributed by atoms with Crippen molar-refractivity contribution in [1.82, 2.24) is 0 Å². The number of hydrogen-bond acceptors (Lipinski definition) is 2. The summed E-state index contributed by atoms with van der Waals surface area (Å²) in [7, 11) is 0. The van der Waals surface area contributed by atoms with Crippen molar-refractivity contribution in [3.63, 3.8) is 0 Å². The Balaban J connectivity index is 1.57. The van der Waals surface area contributed by atoms with Crippen LogP contribution in [0.1, 0.15) is 42.0 Å². The molecule has 6 rings (SSSR count). The van der Waals surface area contributed by atoms with Crippen molar-refractivity contribution in [2.24, 2.45) is 0 Å². The molecule has 0 spiro atoms. The molecular weight excluding hydrogens is 544 g/mol. The molecule has 45 heavy (non-hydrogen) atoms. The summed E-state index contributed by atoms with van der Waals surface area (Å²) in [5, 5.41) is 0. The van der Waals surface area contributed by atoms with E-state index >= 15 is 0 Å². The van der Waals surface area contributed by atoms with Crippen LogP contribution in [0.3, 0.4) is 0 Å². The second-order valence-electron chi connectivity index (χ2n) is 12.1. The van der Waals surface area contributed by atoms with E-state index < -0.39 is 0 Å². The Morgan fingerprint density at radius 2 is 0.800 bits per heavy atom. The van der Waals surface area contributed by atoms with Gasteiger partial charge in [0.25, 0.3) is 0 Å². The molecule has 0 aliphatic rings. The van der Waals surface area contributed by atoms with Crippen LogP contribution in [0, 0.1) is 20.8 Å². The molecule has 6 aromatic rings. The first kappa shape index (κ1) is 30.0. The van der Waals surface area contributed by atoms with Crippen molar-refractivity contribution >= 4 is 34.1 Å². The number of anilines is 6. The van der Waals surface area contributed by atoms with Crippen LogP contribution in [0.2, 0.25) is 0 Å². The molecule has 0 unspecified atom stereocenters. The largest absolute Gasteiger partial charge is 0.310 e. The minimum Gasteiger partial charge on any atom is -0.310 e. The van der Waals surface area contributed by atoms with Gasteiger partial charge in [-0.15, -0.1) is 0 Å². The van der Waals surface area contributed by atoms with Gasteiger partial charge in [-0.05, 0) is 117 Å². The molecule has 0 heterocycles. The summed E-state index contributed by atoms with van der Waals surface area (Å²) in [6.07, 6.45) is 3.51. The number of nitrogens with zero attached hydrogens (tertiary/aromatic N) is 2. The summed E-state index contributed by atoms with van der Waals surface area (Å²) in [4.78, 5) is 4.76. The van der Waals surface area contributed by atoms with E-state index in [1.807, 2.05) is 0 Å². The number of rotatable bonds is 10. The van der Waals surface area contributed by atoms with Crippen molar-refractivity contribution in [3.05, 3.63) is 168 Å². The summed E-state index contributed by atoms with van der Waals surface area (Å²) >= 11 is 0. The van der Waals surface area contributed by atoms with Gasteiger partial charge in [-0.1, -0.05) is 109 Å². The molecule has 224 valence electrons. The van der Waals surface area contributed by atoms with Gasteiger partial charge in [-0.25, -0.2) is 0 Å². The van der Waals surface area contributed by atoms with E-state index in [1.165, 1.54) is 46.2 Å². The van der Waals surface area contributed by atoms with E-state index in [2.05, 4.69) is 183 Å². The van der Waals surface area contributed by atoms with Gasteiger partial charge < -0.3 is 9.80 Å². The van der Waals surface area contributed by atoms with Crippen LogP contribution in [0.15, 0.2) is 146 Å². The molecule has 0 saturated carbocycles. The number of aryl methyl sites for hydroxylation is 4. The van der Waals surface area contributed by atoms with Gasteiger partial charge in [-0.3, -0.25) is 0 Å². The maximum absolute atomic E-state index is 2.39. The fourth-order valence-electron chi connectivity index (χ4n) is 5.82. The molecule has 2 nitrogen and oxygen atoms in total. The highest BCUT2D eigenvalue weighted by atomic mass is 15.2. The quantitative estimate of drug-likeness (QED) is 0.157. The summed E-state index contributed by atoms with van der Waals surface area (Å²) in [6, 6.07) is 53.3. The highest BCUT2D eigenvalue weighted by Crippen LogP contribution is 2.43. The summed E-state index contributed by atoms with van der Waals surface area (Å²) in [5.74, 6) is 0. The number of hydrogen-bond donors (Lipinski definition) is 0. The van der Waals surface area contributed by atoms with Crippen molar-refractivity contribution < 1.29 is 0 Å². The maximum Gasteiger partial charge on any atom is 0.0488 e. The lowest BCUT2D eigenvalue weighted by Gasteiger charge is -2.30. The fraction of sp³-hybridized carbons (Fsp3) is 0.163. The normalized spacial score (nSPS) is 10.9. The Kier molecular flexibility index (Phi) is 9.12. The Labute approximate surface area is 269 Å². The summed E-state index contributed by atoms with van der Waals surface area (Å²) in [6.45, 7) is 8.68. The van der Waals surface area contributed by atoms with Crippen LogP contribution in [-0.4, -0.2) is 0 Å². The Morgan fingerprint density at radius 3 is 1.20 bits per heavy atom. The molecule has 0 saturated heterocycles. The molecule has 0 amide bonds. The zero-order valence-corrected chi connectivity index (χ0v) is 26.9. The van der Waals surface area contributed by atoms with Crippen LogP contribution >= 0.6 is 0 Å². The molecule has 0 atom stereocenters. The molecular formula is C43H42N2. The van der Waals surface area contributed by atoms with Gasteiger partial charge in [0.1, 0.15) is 0 Å². The minimum absolute atomic E-state index is 1.11. The number of benzene rings is 6. The average molecular weight is 587 g/mol. The lowest BCUT2D eigenvalue weighted by molar-refractivity contribution is 0.795. The van der Waals surface area contributed by atoms with Crippen molar-refractivity contribution in [2.75, 3.05) is 9.80 Å². The zero-order chi connectivity index (χ0) is 31.2. The molecule has 6 aromatic carbocycles. The second-order valence-corrected chi connectivity index (χ2v) is 12.1. The van der Waals surface area contributed by atoms with E-state index in [0.29, 0.717) is 0 Å². The Bertz CT molecular complexity index is 1770. The van der Waals surface area contributed by atoms with Gasteiger partial charge in [0.15, 0.2) is 0 Å². The van der Waals surface area contributed by atoms with Crippen LogP contribution in [0.4, 0.5) is 34.1 Å². The molecule has 0 fully saturated rings. The Morgan fingerprint density at radius 1 is 0.400 bits per heavy atom. The summed E-state index contributed by atoms with van der Waals surface area (Å²) in [5.41, 5.74) is 14.2. The smallest absolute Gasteiger partial charge is 0.0488 e. The standard InChI is InChI=1S/C43H42N2/c1-5-6-10-35-19-27-41(28-20-35)45(40-25-17-34(4)18-26-40)43-30-37(36-11-8-7-9-12-36)29-42(31-43)44(38-21-13-32(2)14-22-38)39-23-15-33(3)16-24-39/h7-9,11-31H,5-6,10H2,1-4H3. The molecule has 0 aromatic heterocycles. The molecule has 0 bridgehead atoms. The van der Waals surface area contributed by atoms with Crippen molar-refractivity contribution in [2.45, 2.75) is 47.0 Å². The Hall–Kier alpha value is -5.08. The number of unbranched alkanes of at least 4 members (excludes halogenated alkanes) is 1. The van der Waals surface area contributed by atoms with Crippen LogP contribution in [0.25, 0.3) is 11.1 Å². The predicted molar refractivity (Wildman–Crippen MR) is 194 cm³/mol. The van der Waals surface area contributed by atoms with Gasteiger partial charge in [0.05, 0.1) is 0 Å². The molecule has 0 radical (unpaired) electrons. The van der Waals surface area contributed by atoms with Crippen LogP contribution in [0.5, 0.6) is 0 Å². The third-order valence-corrected chi connectivity index (χ3v) is 8.42. The first-order chi connectivity index (χ1) is 22.0. The topological polar surface area (TPSA) is 6.48 Å². The molecule has 0 N–H and O–H groups in total. The highest BCUT2D eigenvalue weighted by molar-refractivity contribution is 5.87. The zero-order valence-electron chi connectivity index (χ0n) is 26.9. The molecule has 0 aliphatic carbocycles. The van der Waals surface area contributed by atoms with Crippen LogP contribution in [-0.2, 0) is 6.42 Å². The maximum atomic E-state index is 2.39. The third kappa shape index (κ3) is 7.02. The molecule has 0 aliphatic heterocycles. The fourth-order valence-corrected chi connectivity index (χ4v) is 5.82. The third-order valence-electron chi connectivity index (χ3n) is 8.42. The van der Waals surface area contributed by atoms with E-state index in [9.17, 15) is 0 Å². The lowest BCUT2D eigenvalue weighted by Crippen LogP contribution is -2.14. The van der Waals surface area contributed by atoms with E-state index in [4.69, 9.17) is 0 Å².